The lowest BCUT2D eigenvalue weighted by molar-refractivity contribution is 0.296. The van der Waals surface area contributed by atoms with Crippen LogP contribution in [0.4, 0.5) is 8.78 Å². The second-order valence-corrected chi connectivity index (χ2v) is 5.88. The zero-order valence-corrected chi connectivity index (χ0v) is 12.3. The van der Waals surface area contributed by atoms with E-state index < -0.39 is 11.6 Å². The van der Waals surface area contributed by atoms with Gasteiger partial charge in [-0.05, 0) is 55.8 Å². The van der Waals surface area contributed by atoms with Crippen LogP contribution in [0.15, 0.2) is 18.2 Å². The molecule has 0 amide bonds. The minimum Gasteiger partial charge on any atom is -0.317 e. The standard InChI is InChI=1S/C17H25F2N/c1-2-20-12-15-8-5-3-4-7-13(15)11-14-9-6-10-16(18)17(14)19/h6,9-10,13,15,20H,2-5,7-8,11-12H2,1H3. The van der Waals surface area contributed by atoms with Gasteiger partial charge in [0.25, 0.3) is 0 Å². The molecular formula is C17H25F2N. The highest BCUT2D eigenvalue weighted by Crippen LogP contribution is 2.32. The van der Waals surface area contributed by atoms with E-state index in [0.29, 0.717) is 23.8 Å². The molecule has 2 atom stereocenters. The maximum Gasteiger partial charge on any atom is 0.162 e. The quantitative estimate of drug-likeness (QED) is 0.793. The zero-order chi connectivity index (χ0) is 14.4. The van der Waals surface area contributed by atoms with Crippen molar-refractivity contribution in [3.63, 3.8) is 0 Å². The van der Waals surface area contributed by atoms with Gasteiger partial charge in [-0.2, -0.15) is 0 Å². The highest BCUT2D eigenvalue weighted by Gasteiger charge is 2.24. The second kappa shape index (κ2) is 7.72. The van der Waals surface area contributed by atoms with Gasteiger partial charge in [-0.15, -0.1) is 0 Å². The summed E-state index contributed by atoms with van der Waals surface area (Å²) in [5.41, 5.74) is 0.540. The summed E-state index contributed by atoms with van der Waals surface area (Å²) in [6.07, 6.45) is 6.74. The first-order valence-electron chi connectivity index (χ1n) is 7.86. The molecule has 0 aromatic heterocycles. The fraction of sp³-hybridized carbons (Fsp3) is 0.647. The van der Waals surface area contributed by atoms with Crippen LogP contribution in [0.5, 0.6) is 0 Å². The van der Waals surface area contributed by atoms with Gasteiger partial charge in [0.2, 0.25) is 0 Å². The molecule has 3 heteroatoms. The molecule has 112 valence electrons. The van der Waals surface area contributed by atoms with Crippen LogP contribution >= 0.6 is 0 Å². The monoisotopic (exact) mass is 281 g/mol. The minimum absolute atomic E-state index is 0.466. The first kappa shape index (κ1) is 15.4. The summed E-state index contributed by atoms with van der Waals surface area (Å²) >= 11 is 0. The highest BCUT2D eigenvalue weighted by molar-refractivity contribution is 5.19. The number of benzene rings is 1. The Kier molecular flexibility index (Phi) is 5.96. The van der Waals surface area contributed by atoms with Gasteiger partial charge in [0, 0.05) is 0 Å². The van der Waals surface area contributed by atoms with E-state index >= 15 is 0 Å². The molecule has 1 aromatic carbocycles. The molecule has 1 saturated carbocycles. The van der Waals surface area contributed by atoms with Crippen molar-refractivity contribution in [2.75, 3.05) is 13.1 Å². The van der Waals surface area contributed by atoms with Crippen molar-refractivity contribution in [2.45, 2.75) is 45.4 Å². The molecule has 1 aromatic rings. The molecule has 1 aliphatic rings. The third-order valence-corrected chi connectivity index (χ3v) is 4.49. The molecular weight excluding hydrogens is 256 g/mol. The van der Waals surface area contributed by atoms with Gasteiger partial charge in [0.05, 0.1) is 0 Å². The van der Waals surface area contributed by atoms with Crippen LogP contribution in [0.2, 0.25) is 0 Å². The maximum atomic E-state index is 13.8. The molecule has 0 heterocycles. The van der Waals surface area contributed by atoms with E-state index in [2.05, 4.69) is 12.2 Å². The summed E-state index contributed by atoms with van der Waals surface area (Å²) in [6.45, 7) is 4.08. The summed E-state index contributed by atoms with van der Waals surface area (Å²) in [7, 11) is 0. The second-order valence-electron chi connectivity index (χ2n) is 5.88. The van der Waals surface area contributed by atoms with E-state index in [1.807, 2.05) is 0 Å². The van der Waals surface area contributed by atoms with E-state index in [0.717, 1.165) is 19.5 Å². The summed E-state index contributed by atoms with van der Waals surface area (Å²) < 4.78 is 27.2. The molecule has 1 nitrogen and oxygen atoms in total. The van der Waals surface area contributed by atoms with Crippen LogP contribution in [-0.2, 0) is 6.42 Å². The topological polar surface area (TPSA) is 12.0 Å². The van der Waals surface area contributed by atoms with Gasteiger partial charge < -0.3 is 5.32 Å². The lowest BCUT2D eigenvalue weighted by atomic mass is 9.83. The Morgan fingerprint density at radius 3 is 2.60 bits per heavy atom. The van der Waals surface area contributed by atoms with Gasteiger partial charge in [0.15, 0.2) is 11.6 Å². The lowest BCUT2D eigenvalue weighted by Gasteiger charge is -2.25. The maximum absolute atomic E-state index is 13.8. The van der Waals surface area contributed by atoms with Crippen LogP contribution < -0.4 is 5.32 Å². The van der Waals surface area contributed by atoms with Crippen LogP contribution in [0, 0.1) is 23.5 Å². The highest BCUT2D eigenvalue weighted by atomic mass is 19.2. The first-order valence-corrected chi connectivity index (χ1v) is 7.86. The van der Waals surface area contributed by atoms with Crippen molar-refractivity contribution in [2.24, 2.45) is 11.8 Å². The van der Waals surface area contributed by atoms with Crippen molar-refractivity contribution in [3.05, 3.63) is 35.4 Å². The van der Waals surface area contributed by atoms with Crippen LogP contribution in [-0.4, -0.2) is 13.1 Å². The molecule has 0 spiro atoms. The molecule has 1 N–H and O–H groups in total. The number of rotatable bonds is 5. The normalized spacial score (nSPS) is 23.6. The van der Waals surface area contributed by atoms with Crippen molar-refractivity contribution >= 4 is 0 Å². The Balaban J connectivity index is 2.08. The Morgan fingerprint density at radius 1 is 1.10 bits per heavy atom. The SMILES string of the molecule is CCNCC1CCCCCC1Cc1cccc(F)c1F. The third kappa shape index (κ3) is 4.02. The number of halogens is 2. The van der Waals surface area contributed by atoms with Crippen molar-refractivity contribution in [1.29, 1.82) is 0 Å². The largest absolute Gasteiger partial charge is 0.317 e. The summed E-state index contributed by atoms with van der Waals surface area (Å²) in [5, 5.41) is 3.42. The predicted octanol–water partition coefficient (Wildman–Crippen LogP) is 4.31. The van der Waals surface area contributed by atoms with Crippen molar-refractivity contribution in [1.82, 2.24) is 5.32 Å². The zero-order valence-electron chi connectivity index (χ0n) is 12.3. The summed E-state index contributed by atoms with van der Waals surface area (Å²) in [5.74, 6) is -0.328. The van der Waals surface area contributed by atoms with Crippen molar-refractivity contribution in [3.8, 4) is 0 Å². The van der Waals surface area contributed by atoms with E-state index in [1.54, 1.807) is 12.1 Å². The van der Waals surface area contributed by atoms with E-state index in [9.17, 15) is 8.78 Å². The van der Waals surface area contributed by atoms with E-state index in [-0.39, 0.29) is 0 Å². The molecule has 1 fully saturated rings. The molecule has 2 rings (SSSR count). The Bertz CT molecular complexity index is 419. The van der Waals surface area contributed by atoms with E-state index in [4.69, 9.17) is 0 Å². The summed E-state index contributed by atoms with van der Waals surface area (Å²) in [6, 6.07) is 4.54. The van der Waals surface area contributed by atoms with E-state index in [1.165, 1.54) is 31.7 Å². The molecule has 0 bridgehead atoms. The average molecular weight is 281 g/mol. The molecule has 2 unspecified atom stereocenters. The Hall–Kier alpha value is -0.960. The smallest absolute Gasteiger partial charge is 0.162 e. The van der Waals surface area contributed by atoms with Gasteiger partial charge >= 0.3 is 0 Å². The fourth-order valence-corrected chi connectivity index (χ4v) is 3.32. The summed E-state index contributed by atoms with van der Waals surface area (Å²) in [4.78, 5) is 0. The molecule has 0 saturated heterocycles. The fourth-order valence-electron chi connectivity index (χ4n) is 3.32. The van der Waals surface area contributed by atoms with Crippen LogP contribution in [0.25, 0.3) is 0 Å². The Labute approximate surface area is 120 Å². The molecule has 1 aliphatic carbocycles. The van der Waals surface area contributed by atoms with Crippen LogP contribution in [0.1, 0.15) is 44.6 Å². The van der Waals surface area contributed by atoms with Gasteiger partial charge in [-0.1, -0.05) is 38.3 Å². The third-order valence-electron chi connectivity index (χ3n) is 4.49. The Morgan fingerprint density at radius 2 is 1.85 bits per heavy atom. The van der Waals surface area contributed by atoms with Gasteiger partial charge in [0.1, 0.15) is 0 Å². The predicted molar refractivity (Wildman–Crippen MR) is 78.7 cm³/mol. The lowest BCUT2D eigenvalue weighted by Crippen LogP contribution is -2.29. The van der Waals surface area contributed by atoms with Crippen LogP contribution in [0.3, 0.4) is 0 Å². The van der Waals surface area contributed by atoms with Gasteiger partial charge in [-0.3, -0.25) is 0 Å². The molecule has 0 aliphatic heterocycles. The minimum atomic E-state index is -0.723. The average Bonchev–Trinajstić information content (AvgIpc) is 2.67. The molecule has 20 heavy (non-hydrogen) atoms. The number of hydrogen-bond acceptors (Lipinski definition) is 1. The molecule has 0 radical (unpaired) electrons. The van der Waals surface area contributed by atoms with Crippen molar-refractivity contribution < 1.29 is 8.78 Å². The number of hydrogen-bond donors (Lipinski definition) is 1. The first-order chi connectivity index (χ1) is 9.72. The number of nitrogens with one attached hydrogen (secondary N) is 1. The van der Waals surface area contributed by atoms with Gasteiger partial charge in [-0.25, -0.2) is 8.78 Å².